The van der Waals surface area contributed by atoms with Gasteiger partial charge in [-0.2, -0.15) is 0 Å². The summed E-state index contributed by atoms with van der Waals surface area (Å²) in [6.07, 6.45) is -0.0293. The summed E-state index contributed by atoms with van der Waals surface area (Å²) in [5.74, 6) is 0.182. The van der Waals surface area contributed by atoms with Crippen LogP contribution < -0.4 is 14.6 Å². The van der Waals surface area contributed by atoms with Gasteiger partial charge in [0.15, 0.2) is 0 Å². The monoisotopic (exact) mass is 387 g/mol. The molecule has 4 rings (SSSR count). The number of hydrogen-bond acceptors (Lipinski definition) is 4. The standard InChI is InChI=1S/C25H24O4/c1-16-6-8-22(17(2)10-16)19-5-3-4-18(11-19)14-28-21-7-9-23-20(12-25(26)27)15-29-24(23)13-21/h3-11,13,20H,12,14-15H2,1-2H3,(H,26,27)/p-1. The van der Waals surface area contributed by atoms with E-state index in [9.17, 15) is 9.90 Å². The summed E-state index contributed by atoms with van der Waals surface area (Å²) in [6.45, 7) is 5.04. The van der Waals surface area contributed by atoms with Crippen LogP contribution in [0.5, 0.6) is 11.5 Å². The highest BCUT2D eigenvalue weighted by atomic mass is 16.5. The number of hydrogen-bond donors (Lipinski definition) is 0. The van der Waals surface area contributed by atoms with E-state index in [1.807, 2.05) is 30.3 Å². The van der Waals surface area contributed by atoms with E-state index in [1.165, 1.54) is 22.3 Å². The van der Waals surface area contributed by atoms with Crippen LogP contribution in [-0.4, -0.2) is 12.6 Å². The van der Waals surface area contributed by atoms with Gasteiger partial charge in [0.1, 0.15) is 18.1 Å². The molecule has 1 aliphatic rings. The molecule has 0 spiro atoms. The molecule has 0 aliphatic carbocycles. The molecule has 0 saturated heterocycles. The Balaban J connectivity index is 1.47. The molecule has 3 aromatic carbocycles. The van der Waals surface area contributed by atoms with Crippen molar-refractivity contribution in [1.82, 2.24) is 0 Å². The number of carboxylic acid groups (broad SMARTS) is 1. The zero-order chi connectivity index (χ0) is 20.4. The Morgan fingerprint density at radius 1 is 1.10 bits per heavy atom. The minimum atomic E-state index is -1.06. The lowest BCUT2D eigenvalue weighted by molar-refractivity contribution is -0.306. The molecular weight excluding hydrogens is 364 g/mol. The third-order valence-corrected chi connectivity index (χ3v) is 5.30. The highest BCUT2D eigenvalue weighted by Crippen LogP contribution is 2.38. The van der Waals surface area contributed by atoms with Gasteiger partial charge in [0.25, 0.3) is 0 Å². The summed E-state index contributed by atoms with van der Waals surface area (Å²) in [4.78, 5) is 10.9. The van der Waals surface area contributed by atoms with Gasteiger partial charge in [-0.25, -0.2) is 0 Å². The summed E-state index contributed by atoms with van der Waals surface area (Å²) >= 11 is 0. The summed E-state index contributed by atoms with van der Waals surface area (Å²) in [5, 5.41) is 10.9. The van der Waals surface area contributed by atoms with Crippen LogP contribution in [0.25, 0.3) is 11.1 Å². The largest absolute Gasteiger partial charge is 0.550 e. The fraction of sp³-hybridized carbons (Fsp3) is 0.240. The lowest BCUT2D eigenvalue weighted by Gasteiger charge is -2.12. The van der Waals surface area contributed by atoms with Crippen LogP contribution in [-0.2, 0) is 11.4 Å². The van der Waals surface area contributed by atoms with Crippen molar-refractivity contribution in [1.29, 1.82) is 0 Å². The van der Waals surface area contributed by atoms with Gasteiger partial charge >= 0.3 is 0 Å². The maximum atomic E-state index is 10.9. The third kappa shape index (κ3) is 4.27. The molecule has 0 aromatic heterocycles. The molecule has 0 saturated carbocycles. The highest BCUT2D eigenvalue weighted by molar-refractivity contribution is 5.68. The van der Waals surface area contributed by atoms with Crippen LogP contribution in [0, 0.1) is 13.8 Å². The zero-order valence-corrected chi connectivity index (χ0v) is 16.6. The van der Waals surface area contributed by atoms with Gasteiger partial charge in [0.2, 0.25) is 0 Å². The highest BCUT2D eigenvalue weighted by Gasteiger charge is 2.24. The molecule has 148 valence electrons. The fourth-order valence-electron chi connectivity index (χ4n) is 3.85. The van der Waals surface area contributed by atoms with Crippen molar-refractivity contribution in [3.63, 3.8) is 0 Å². The minimum Gasteiger partial charge on any atom is -0.550 e. The van der Waals surface area contributed by atoms with Gasteiger partial charge in [-0.15, -0.1) is 0 Å². The van der Waals surface area contributed by atoms with Crippen molar-refractivity contribution < 1.29 is 19.4 Å². The topological polar surface area (TPSA) is 58.6 Å². The lowest BCUT2D eigenvalue weighted by atomic mass is 9.97. The Bertz CT molecular complexity index is 1050. The smallest absolute Gasteiger partial charge is 0.126 e. The summed E-state index contributed by atoms with van der Waals surface area (Å²) in [6, 6.07) is 20.4. The molecule has 4 heteroatoms. The number of carbonyl (C=O) groups is 1. The number of rotatable bonds is 6. The molecule has 0 bridgehead atoms. The first-order valence-electron chi connectivity index (χ1n) is 9.75. The van der Waals surface area contributed by atoms with Crippen LogP contribution in [0.4, 0.5) is 0 Å². The van der Waals surface area contributed by atoms with Crippen molar-refractivity contribution >= 4 is 5.97 Å². The second-order valence-corrected chi connectivity index (χ2v) is 7.59. The van der Waals surface area contributed by atoms with Crippen molar-refractivity contribution in [2.75, 3.05) is 6.61 Å². The Morgan fingerprint density at radius 3 is 2.76 bits per heavy atom. The average Bonchev–Trinajstić information content (AvgIpc) is 3.08. The first-order chi connectivity index (χ1) is 14.0. The first-order valence-corrected chi connectivity index (χ1v) is 9.75. The number of aliphatic carboxylic acids is 1. The van der Waals surface area contributed by atoms with E-state index in [0.717, 1.165) is 11.1 Å². The molecular formula is C25H23O4-. The van der Waals surface area contributed by atoms with Gasteiger partial charge in [0, 0.05) is 23.5 Å². The van der Waals surface area contributed by atoms with E-state index >= 15 is 0 Å². The van der Waals surface area contributed by atoms with Crippen LogP contribution in [0.3, 0.4) is 0 Å². The maximum Gasteiger partial charge on any atom is 0.126 e. The van der Waals surface area contributed by atoms with E-state index in [0.29, 0.717) is 24.7 Å². The van der Waals surface area contributed by atoms with E-state index in [1.54, 1.807) is 0 Å². The maximum absolute atomic E-state index is 10.9. The molecule has 1 unspecified atom stereocenters. The third-order valence-electron chi connectivity index (χ3n) is 5.30. The average molecular weight is 387 g/mol. The predicted octanol–water partition coefficient (Wildman–Crippen LogP) is 4.17. The van der Waals surface area contributed by atoms with Crippen LogP contribution in [0.1, 0.15) is 34.6 Å². The first kappa shape index (κ1) is 19.1. The van der Waals surface area contributed by atoms with Gasteiger partial charge in [-0.1, -0.05) is 48.0 Å². The number of carboxylic acids is 1. The molecule has 1 atom stereocenters. The Labute approximate surface area is 170 Å². The van der Waals surface area contributed by atoms with Gasteiger partial charge in [0.05, 0.1) is 6.61 Å². The Hall–Kier alpha value is -3.27. The van der Waals surface area contributed by atoms with Crippen molar-refractivity contribution in [3.05, 3.63) is 82.9 Å². The van der Waals surface area contributed by atoms with Crippen molar-refractivity contribution in [2.24, 2.45) is 0 Å². The van der Waals surface area contributed by atoms with E-state index in [4.69, 9.17) is 9.47 Å². The summed E-state index contributed by atoms with van der Waals surface area (Å²) in [5.41, 5.74) is 6.89. The number of ether oxygens (including phenoxy) is 2. The van der Waals surface area contributed by atoms with Crippen LogP contribution >= 0.6 is 0 Å². The minimum absolute atomic E-state index is 0.0293. The zero-order valence-electron chi connectivity index (χ0n) is 16.6. The molecule has 1 aliphatic heterocycles. The Kier molecular flexibility index (Phi) is 5.26. The SMILES string of the molecule is Cc1ccc(-c2cccc(COc3ccc4c(c3)OCC4CC(=O)[O-])c2)c(C)c1. The number of aryl methyl sites for hydroxylation is 2. The quantitative estimate of drug-likeness (QED) is 0.637. The van der Waals surface area contributed by atoms with E-state index in [2.05, 4.69) is 44.2 Å². The molecule has 4 nitrogen and oxygen atoms in total. The Morgan fingerprint density at radius 2 is 1.97 bits per heavy atom. The molecule has 0 fully saturated rings. The summed E-state index contributed by atoms with van der Waals surface area (Å²) < 4.78 is 11.6. The second kappa shape index (κ2) is 8.00. The number of carbonyl (C=O) groups excluding carboxylic acids is 1. The second-order valence-electron chi connectivity index (χ2n) is 7.59. The number of benzene rings is 3. The molecule has 0 radical (unpaired) electrons. The predicted molar refractivity (Wildman–Crippen MR) is 110 cm³/mol. The molecule has 3 aromatic rings. The lowest BCUT2D eigenvalue weighted by Crippen LogP contribution is -2.24. The van der Waals surface area contributed by atoms with E-state index < -0.39 is 5.97 Å². The fourth-order valence-corrected chi connectivity index (χ4v) is 3.85. The van der Waals surface area contributed by atoms with E-state index in [-0.39, 0.29) is 12.3 Å². The van der Waals surface area contributed by atoms with Crippen LogP contribution in [0.2, 0.25) is 0 Å². The molecule has 0 N–H and O–H groups in total. The molecule has 29 heavy (non-hydrogen) atoms. The molecule has 0 amide bonds. The number of fused-ring (bicyclic) bond motifs is 1. The van der Waals surface area contributed by atoms with Gasteiger partial charge in [-0.05, 0) is 54.7 Å². The van der Waals surface area contributed by atoms with Crippen LogP contribution in [0.15, 0.2) is 60.7 Å². The van der Waals surface area contributed by atoms with Crippen molar-refractivity contribution in [2.45, 2.75) is 32.8 Å². The normalized spacial score (nSPS) is 14.9. The summed E-state index contributed by atoms with van der Waals surface area (Å²) in [7, 11) is 0. The van der Waals surface area contributed by atoms with Crippen molar-refractivity contribution in [3.8, 4) is 22.6 Å². The van der Waals surface area contributed by atoms with Gasteiger partial charge < -0.3 is 19.4 Å². The molecule has 1 heterocycles. The van der Waals surface area contributed by atoms with Gasteiger partial charge in [-0.3, -0.25) is 0 Å².